The molecule has 0 unspecified atom stereocenters. The minimum Gasteiger partial charge on any atom is -0.480 e. The number of alkyl halides is 3. The maximum absolute atomic E-state index is 12.8. The van der Waals surface area contributed by atoms with Crippen LogP contribution < -0.4 is 5.32 Å². The number of carbonyl (C=O) groups excluding carboxylic acids is 1. The number of carboxylic acid groups (broad SMARTS) is 1. The number of rotatable bonds is 5. The normalized spacial score (nSPS) is 13.0. The highest BCUT2D eigenvalue weighted by molar-refractivity contribution is 5.85. The summed E-state index contributed by atoms with van der Waals surface area (Å²) in [6.07, 6.45) is -5.08. The number of carbonyl (C=O) groups is 2. The van der Waals surface area contributed by atoms with E-state index in [1.54, 1.807) is 13.8 Å². The van der Waals surface area contributed by atoms with Gasteiger partial charge in [0.15, 0.2) is 0 Å². The first-order valence-electron chi connectivity index (χ1n) is 6.30. The lowest BCUT2D eigenvalue weighted by Gasteiger charge is -2.18. The Morgan fingerprint density at radius 3 is 2.29 bits per heavy atom. The van der Waals surface area contributed by atoms with Crippen molar-refractivity contribution in [3.8, 4) is 0 Å². The maximum Gasteiger partial charge on any atom is 0.416 e. The largest absolute Gasteiger partial charge is 0.480 e. The Bertz CT molecular complexity index is 526. The van der Waals surface area contributed by atoms with Gasteiger partial charge in [-0.3, -0.25) is 4.79 Å². The van der Waals surface area contributed by atoms with Crippen molar-refractivity contribution in [1.29, 1.82) is 0 Å². The molecule has 0 radical (unpaired) electrons. The third kappa shape index (κ3) is 4.77. The Morgan fingerprint density at radius 1 is 1.24 bits per heavy atom. The van der Waals surface area contributed by atoms with Gasteiger partial charge in [0.05, 0.1) is 12.0 Å². The summed E-state index contributed by atoms with van der Waals surface area (Å²) in [6, 6.07) is 3.59. The number of carboxylic acids is 1. The average Bonchev–Trinajstić information content (AvgIpc) is 2.34. The van der Waals surface area contributed by atoms with Crippen LogP contribution in [0.4, 0.5) is 13.2 Å². The minimum absolute atomic E-state index is 0.185. The number of benzene rings is 1. The predicted octanol–water partition coefficient (Wildman–Crippen LogP) is 2.47. The smallest absolute Gasteiger partial charge is 0.416 e. The van der Waals surface area contributed by atoms with Gasteiger partial charge in [-0.05, 0) is 17.5 Å². The molecule has 21 heavy (non-hydrogen) atoms. The lowest BCUT2D eigenvalue weighted by Crippen LogP contribution is -2.45. The van der Waals surface area contributed by atoms with Crippen molar-refractivity contribution >= 4 is 11.9 Å². The minimum atomic E-state index is -4.55. The first-order chi connectivity index (χ1) is 9.62. The molecule has 1 aromatic carbocycles. The molecule has 0 heterocycles. The maximum atomic E-state index is 12.8. The van der Waals surface area contributed by atoms with Gasteiger partial charge in [0.1, 0.15) is 6.04 Å². The molecule has 1 amide bonds. The van der Waals surface area contributed by atoms with Gasteiger partial charge in [-0.15, -0.1) is 0 Å². The summed E-state index contributed by atoms with van der Waals surface area (Å²) >= 11 is 0. The zero-order valence-electron chi connectivity index (χ0n) is 11.6. The van der Waals surface area contributed by atoms with Crippen LogP contribution in [-0.4, -0.2) is 23.0 Å². The molecule has 0 aliphatic heterocycles. The van der Waals surface area contributed by atoms with E-state index in [9.17, 15) is 22.8 Å². The van der Waals surface area contributed by atoms with Crippen LogP contribution >= 0.6 is 0 Å². The highest BCUT2D eigenvalue weighted by Crippen LogP contribution is 2.32. The van der Waals surface area contributed by atoms with Gasteiger partial charge >= 0.3 is 12.1 Å². The van der Waals surface area contributed by atoms with E-state index >= 15 is 0 Å². The number of amides is 1. The van der Waals surface area contributed by atoms with Gasteiger partial charge < -0.3 is 10.4 Å². The Labute approximate surface area is 120 Å². The van der Waals surface area contributed by atoms with Crippen LogP contribution in [-0.2, 0) is 22.2 Å². The summed E-state index contributed by atoms with van der Waals surface area (Å²) in [6.45, 7) is 3.20. The van der Waals surface area contributed by atoms with E-state index in [0.29, 0.717) is 0 Å². The van der Waals surface area contributed by atoms with Crippen molar-refractivity contribution in [3.05, 3.63) is 35.4 Å². The highest BCUT2D eigenvalue weighted by Gasteiger charge is 2.33. The second-order valence-electron chi connectivity index (χ2n) is 4.96. The van der Waals surface area contributed by atoms with E-state index < -0.39 is 36.1 Å². The predicted molar refractivity (Wildman–Crippen MR) is 69.6 cm³/mol. The molecule has 0 aliphatic carbocycles. The lowest BCUT2D eigenvalue weighted by molar-refractivity contribution is -0.143. The van der Waals surface area contributed by atoms with Crippen molar-refractivity contribution < 1.29 is 27.9 Å². The first-order valence-corrected chi connectivity index (χ1v) is 6.30. The number of hydrogen-bond acceptors (Lipinski definition) is 2. The van der Waals surface area contributed by atoms with Gasteiger partial charge in [0.2, 0.25) is 5.91 Å². The van der Waals surface area contributed by atoms with E-state index in [2.05, 4.69) is 5.32 Å². The quantitative estimate of drug-likeness (QED) is 0.878. The molecular weight excluding hydrogens is 287 g/mol. The Morgan fingerprint density at radius 2 is 1.81 bits per heavy atom. The van der Waals surface area contributed by atoms with Crippen molar-refractivity contribution in [1.82, 2.24) is 5.32 Å². The monoisotopic (exact) mass is 303 g/mol. The third-order valence-corrected chi connectivity index (χ3v) is 2.92. The molecule has 2 N–H and O–H groups in total. The van der Waals surface area contributed by atoms with Crippen LogP contribution in [0.2, 0.25) is 0 Å². The lowest BCUT2D eigenvalue weighted by atomic mass is 10.0. The van der Waals surface area contributed by atoms with Crippen LogP contribution in [0.3, 0.4) is 0 Å². The molecule has 1 atom stereocenters. The molecular formula is C14H16F3NO3. The Hall–Kier alpha value is -2.05. The second kappa shape index (κ2) is 6.60. The van der Waals surface area contributed by atoms with Gasteiger partial charge in [0, 0.05) is 0 Å². The van der Waals surface area contributed by atoms with E-state index in [-0.39, 0.29) is 11.5 Å². The molecule has 1 aromatic rings. The van der Waals surface area contributed by atoms with E-state index in [1.807, 2.05) is 0 Å². The Kier molecular flexibility index (Phi) is 5.34. The SMILES string of the molecule is CC(C)[C@H](NC(=O)Cc1ccccc1C(F)(F)F)C(=O)O. The molecule has 7 heteroatoms. The van der Waals surface area contributed by atoms with Crippen LogP contribution in [0, 0.1) is 5.92 Å². The van der Waals surface area contributed by atoms with Crippen LogP contribution in [0.5, 0.6) is 0 Å². The van der Waals surface area contributed by atoms with Gasteiger partial charge in [-0.25, -0.2) is 4.79 Å². The average molecular weight is 303 g/mol. The summed E-state index contributed by atoms with van der Waals surface area (Å²) < 4.78 is 38.4. The summed E-state index contributed by atoms with van der Waals surface area (Å²) in [5.41, 5.74) is -1.08. The number of hydrogen-bond donors (Lipinski definition) is 2. The van der Waals surface area contributed by atoms with Crippen molar-refractivity contribution in [2.45, 2.75) is 32.5 Å². The molecule has 0 aromatic heterocycles. The summed E-state index contributed by atoms with van der Waals surface area (Å²) in [5.74, 6) is -2.35. The third-order valence-electron chi connectivity index (χ3n) is 2.92. The van der Waals surface area contributed by atoms with Crippen molar-refractivity contribution in [2.75, 3.05) is 0 Å². The highest BCUT2D eigenvalue weighted by atomic mass is 19.4. The van der Waals surface area contributed by atoms with Crippen LogP contribution in [0.25, 0.3) is 0 Å². The van der Waals surface area contributed by atoms with E-state index in [4.69, 9.17) is 5.11 Å². The van der Waals surface area contributed by atoms with Gasteiger partial charge in [-0.2, -0.15) is 13.2 Å². The zero-order chi connectivity index (χ0) is 16.2. The molecule has 0 aliphatic rings. The zero-order valence-corrected chi connectivity index (χ0v) is 11.6. The molecule has 0 bridgehead atoms. The van der Waals surface area contributed by atoms with Crippen molar-refractivity contribution in [3.63, 3.8) is 0 Å². The molecule has 0 saturated heterocycles. The van der Waals surface area contributed by atoms with E-state index in [1.165, 1.54) is 18.2 Å². The summed E-state index contributed by atoms with van der Waals surface area (Å²) in [4.78, 5) is 22.7. The Balaban J connectivity index is 2.87. The second-order valence-corrected chi connectivity index (χ2v) is 4.96. The molecule has 0 saturated carbocycles. The van der Waals surface area contributed by atoms with Gasteiger partial charge in [-0.1, -0.05) is 32.0 Å². The number of nitrogens with one attached hydrogen (secondary N) is 1. The number of halogens is 3. The van der Waals surface area contributed by atoms with Crippen molar-refractivity contribution in [2.24, 2.45) is 5.92 Å². The molecule has 4 nitrogen and oxygen atoms in total. The van der Waals surface area contributed by atoms with E-state index in [0.717, 1.165) is 6.07 Å². The summed E-state index contributed by atoms with van der Waals surface area (Å²) in [7, 11) is 0. The van der Waals surface area contributed by atoms with Crippen LogP contribution in [0.15, 0.2) is 24.3 Å². The first kappa shape index (κ1) is 17.0. The molecule has 116 valence electrons. The molecule has 1 rings (SSSR count). The fourth-order valence-electron chi connectivity index (χ4n) is 1.86. The standard InChI is InChI=1S/C14H16F3NO3/c1-8(2)12(13(20)21)18-11(19)7-9-5-3-4-6-10(9)14(15,16)17/h3-6,8,12H,7H2,1-2H3,(H,18,19)(H,20,21)/t12-/m0/s1. The summed E-state index contributed by atoms with van der Waals surface area (Å²) in [5, 5.41) is 11.2. The number of aliphatic carboxylic acids is 1. The fourth-order valence-corrected chi connectivity index (χ4v) is 1.86. The molecule has 0 fully saturated rings. The molecule has 0 spiro atoms. The van der Waals surface area contributed by atoms with Gasteiger partial charge in [0.25, 0.3) is 0 Å². The fraction of sp³-hybridized carbons (Fsp3) is 0.429. The van der Waals surface area contributed by atoms with Crippen LogP contribution in [0.1, 0.15) is 25.0 Å². The topological polar surface area (TPSA) is 66.4 Å².